The Morgan fingerprint density at radius 1 is 1.21 bits per heavy atom. The van der Waals surface area contributed by atoms with Gasteiger partial charge < -0.3 is 4.74 Å². The van der Waals surface area contributed by atoms with Crippen molar-refractivity contribution in [3.8, 4) is 11.5 Å². The molecule has 0 aromatic heterocycles. The van der Waals surface area contributed by atoms with Crippen LogP contribution in [0.15, 0.2) is 11.1 Å². The van der Waals surface area contributed by atoms with Gasteiger partial charge in [-0.05, 0) is 13.8 Å². The molecule has 0 amide bonds. The number of rotatable bonds is 1. The molecule has 0 saturated carbocycles. The molecule has 14 heavy (non-hydrogen) atoms. The number of esters is 1. The topological polar surface area (TPSA) is 26.3 Å². The van der Waals surface area contributed by atoms with Crippen molar-refractivity contribution in [3.05, 3.63) is 11.1 Å². The van der Waals surface area contributed by atoms with Gasteiger partial charge in [-0.3, -0.25) is 0 Å². The van der Waals surface area contributed by atoms with Gasteiger partial charge in [-0.15, -0.1) is 5.54 Å². The summed E-state index contributed by atoms with van der Waals surface area (Å²) in [6.07, 6.45) is 0. The van der Waals surface area contributed by atoms with Gasteiger partial charge in [-0.2, -0.15) is 0 Å². The summed E-state index contributed by atoms with van der Waals surface area (Å²) in [6.45, 7) is 10.1. The molecule has 0 saturated heterocycles. The van der Waals surface area contributed by atoms with E-state index in [1.165, 1.54) is 7.11 Å². The van der Waals surface area contributed by atoms with Crippen LogP contribution in [-0.4, -0.2) is 21.2 Å². The van der Waals surface area contributed by atoms with Crippen molar-refractivity contribution in [1.82, 2.24) is 0 Å². The number of allylic oxidation sites excluding steroid dienone is 1. The lowest BCUT2D eigenvalue weighted by Gasteiger charge is -2.04. The van der Waals surface area contributed by atoms with Crippen LogP contribution >= 0.6 is 0 Å². The Bertz CT molecular complexity index is 310. The molecule has 0 fully saturated rings. The molecule has 0 aliphatic carbocycles. The molecule has 0 aromatic carbocycles. The van der Waals surface area contributed by atoms with Gasteiger partial charge in [-0.25, -0.2) is 4.79 Å². The fraction of sp³-hybridized carbons (Fsp3) is 0.545. The first-order chi connectivity index (χ1) is 6.28. The first-order valence-corrected chi connectivity index (χ1v) is 8.07. The van der Waals surface area contributed by atoms with Crippen molar-refractivity contribution in [2.24, 2.45) is 0 Å². The molecular weight excluding hydrogens is 192 g/mol. The summed E-state index contributed by atoms with van der Waals surface area (Å²) in [5, 5.41) is 0. The normalized spacial score (nSPS) is 12.4. The Hall–Kier alpha value is -1.01. The monoisotopic (exact) mass is 210 g/mol. The summed E-state index contributed by atoms with van der Waals surface area (Å²) in [5.74, 6) is 2.73. The predicted molar refractivity (Wildman–Crippen MR) is 61.5 cm³/mol. The summed E-state index contributed by atoms with van der Waals surface area (Å²) in [7, 11) is 0.0218. The summed E-state index contributed by atoms with van der Waals surface area (Å²) in [4.78, 5) is 11.1. The van der Waals surface area contributed by atoms with Crippen LogP contribution < -0.4 is 0 Å². The minimum atomic E-state index is -1.36. The van der Waals surface area contributed by atoms with E-state index in [1.807, 2.05) is 6.92 Å². The third-order valence-corrected chi connectivity index (χ3v) is 2.55. The van der Waals surface area contributed by atoms with Gasteiger partial charge in [0.05, 0.1) is 7.11 Å². The predicted octanol–water partition coefficient (Wildman–Crippen LogP) is 2.38. The van der Waals surface area contributed by atoms with Crippen molar-refractivity contribution in [2.75, 3.05) is 7.11 Å². The summed E-state index contributed by atoms with van der Waals surface area (Å²) >= 11 is 0. The van der Waals surface area contributed by atoms with Gasteiger partial charge in [0.2, 0.25) is 0 Å². The summed E-state index contributed by atoms with van der Waals surface area (Å²) in [5.41, 5.74) is 4.61. The van der Waals surface area contributed by atoms with Crippen LogP contribution in [0.3, 0.4) is 0 Å². The Labute approximate surface area is 87.4 Å². The first-order valence-electron chi connectivity index (χ1n) is 4.57. The molecule has 0 aliphatic heterocycles. The van der Waals surface area contributed by atoms with Gasteiger partial charge in [0.15, 0.2) is 0 Å². The molecule has 0 aliphatic rings. The van der Waals surface area contributed by atoms with Crippen LogP contribution in [0.4, 0.5) is 0 Å². The lowest BCUT2D eigenvalue weighted by molar-refractivity contribution is -0.136. The van der Waals surface area contributed by atoms with E-state index in [0.717, 1.165) is 5.57 Å². The smallest absolute Gasteiger partial charge is 0.334 e. The van der Waals surface area contributed by atoms with Crippen LogP contribution in [0.5, 0.6) is 0 Å². The lowest BCUT2D eigenvalue weighted by Crippen LogP contribution is -2.16. The maximum Gasteiger partial charge on any atom is 0.334 e. The molecule has 0 unspecified atom stereocenters. The highest BCUT2D eigenvalue weighted by molar-refractivity contribution is 6.83. The van der Waals surface area contributed by atoms with Crippen molar-refractivity contribution in [1.29, 1.82) is 0 Å². The molecule has 2 nitrogen and oxygen atoms in total. The molecular formula is C11H18O2Si. The highest BCUT2D eigenvalue weighted by Crippen LogP contribution is 2.05. The number of ether oxygens (including phenoxy) is 1. The Morgan fingerprint density at radius 3 is 2.07 bits per heavy atom. The van der Waals surface area contributed by atoms with Crippen molar-refractivity contribution in [2.45, 2.75) is 33.5 Å². The second-order valence-electron chi connectivity index (χ2n) is 4.24. The Kier molecular flexibility index (Phi) is 4.65. The zero-order chi connectivity index (χ0) is 11.4. The molecule has 0 aromatic rings. The van der Waals surface area contributed by atoms with Crippen LogP contribution in [0.2, 0.25) is 19.6 Å². The average molecular weight is 210 g/mol. The third-order valence-electron chi connectivity index (χ3n) is 1.68. The minimum Gasteiger partial charge on any atom is -0.466 e. The second-order valence-corrected chi connectivity index (χ2v) is 8.99. The van der Waals surface area contributed by atoms with E-state index in [1.54, 1.807) is 6.92 Å². The van der Waals surface area contributed by atoms with E-state index in [0.29, 0.717) is 5.57 Å². The largest absolute Gasteiger partial charge is 0.466 e. The molecule has 78 valence electrons. The zero-order valence-corrected chi connectivity index (χ0v) is 10.8. The zero-order valence-electron chi connectivity index (χ0n) is 9.82. The second kappa shape index (κ2) is 5.01. The van der Waals surface area contributed by atoms with E-state index in [-0.39, 0.29) is 5.97 Å². The standard InChI is InChI=1S/C11H18O2Si/c1-9(7-8-14(4,5)6)10(2)11(12)13-3/h1-6H3/b10-9+. The molecule has 0 radical (unpaired) electrons. The molecule has 3 heteroatoms. The van der Waals surface area contributed by atoms with Crippen LogP contribution in [0.25, 0.3) is 0 Å². The number of hydrogen-bond acceptors (Lipinski definition) is 2. The van der Waals surface area contributed by atoms with E-state index in [2.05, 4.69) is 35.8 Å². The summed E-state index contributed by atoms with van der Waals surface area (Å²) in [6, 6.07) is 0. The average Bonchev–Trinajstić information content (AvgIpc) is 2.10. The van der Waals surface area contributed by atoms with E-state index in [4.69, 9.17) is 0 Å². The molecule has 0 N–H and O–H groups in total. The number of hydrogen-bond donors (Lipinski definition) is 0. The quantitative estimate of drug-likeness (QED) is 0.287. The van der Waals surface area contributed by atoms with Crippen LogP contribution in [0.1, 0.15) is 13.8 Å². The fourth-order valence-electron chi connectivity index (χ4n) is 0.681. The molecule has 0 atom stereocenters. The van der Waals surface area contributed by atoms with Gasteiger partial charge >= 0.3 is 5.97 Å². The first kappa shape index (κ1) is 13.0. The van der Waals surface area contributed by atoms with Crippen LogP contribution in [-0.2, 0) is 9.53 Å². The van der Waals surface area contributed by atoms with Gasteiger partial charge in [0, 0.05) is 11.1 Å². The lowest BCUT2D eigenvalue weighted by atomic mass is 10.2. The highest BCUT2D eigenvalue weighted by Gasteiger charge is 2.09. The third kappa shape index (κ3) is 4.88. The van der Waals surface area contributed by atoms with E-state index in [9.17, 15) is 4.79 Å². The number of carbonyl (C=O) groups is 1. The van der Waals surface area contributed by atoms with Crippen molar-refractivity contribution < 1.29 is 9.53 Å². The van der Waals surface area contributed by atoms with Crippen molar-refractivity contribution >= 4 is 14.0 Å². The van der Waals surface area contributed by atoms with Crippen molar-refractivity contribution in [3.63, 3.8) is 0 Å². The maximum atomic E-state index is 11.1. The molecule has 0 spiro atoms. The van der Waals surface area contributed by atoms with E-state index < -0.39 is 8.07 Å². The Morgan fingerprint density at radius 2 is 1.71 bits per heavy atom. The van der Waals surface area contributed by atoms with E-state index >= 15 is 0 Å². The Balaban J connectivity index is 4.83. The highest BCUT2D eigenvalue weighted by atomic mass is 28.3. The minimum absolute atomic E-state index is 0.299. The van der Waals surface area contributed by atoms with Gasteiger partial charge in [0.1, 0.15) is 8.07 Å². The SMILES string of the molecule is COC(=O)/C(C)=C(\C)C#C[Si](C)(C)C. The molecule has 0 heterocycles. The van der Waals surface area contributed by atoms with Gasteiger partial charge in [-0.1, -0.05) is 25.6 Å². The number of carbonyl (C=O) groups excluding carboxylic acids is 1. The van der Waals surface area contributed by atoms with Crippen LogP contribution in [0, 0.1) is 11.5 Å². The number of methoxy groups -OCH3 is 1. The van der Waals surface area contributed by atoms with Gasteiger partial charge in [0.25, 0.3) is 0 Å². The molecule has 0 bridgehead atoms. The maximum absolute atomic E-state index is 11.1. The molecule has 0 rings (SSSR count). The summed E-state index contributed by atoms with van der Waals surface area (Å²) < 4.78 is 4.61. The fourth-order valence-corrected chi connectivity index (χ4v) is 1.24.